The highest BCUT2D eigenvalue weighted by Crippen LogP contribution is 2.22. The molecule has 2 aromatic carbocycles. The summed E-state index contributed by atoms with van der Waals surface area (Å²) in [5.74, 6) is -0.398. The van der Waals surface area contributed by atoms with Crippen LogP contribution in [-0.2, 0) is 0 Å². The molecule has 0 saturated heterocycles. The van der Waals surface area contributed by atoms with Crippen molar-refractivity contribution >= 4 is 17.1 Å². The first-order valence-electron chi connectivity index (χ1n) is 8.40. The maximum absolute atomic E-state index is 12.6. The van der Waals surface area contributed by atoms with Crippen LogP contribution in [0.5, 0.6) is 0 Å². The predicted molar refractivity (Wildman–Crippen MR) is 103 cm³/mol. The van der Waals surface area contributed by atoms with Gasteiger partial charge in [-0.05, 0) is 31.5 Å². The first-order chi connectivity index (χ1) is 12.9. The van der Waals surface area contributed by atoms with Crippen molar-refractivity contribution < 1.29 is 4.79 Å². The lowest BCUT2D eigenvalue weighted by Crippen LogP contribution is -2.15. The Labute approximate surface area is 154 Å². The molecule has 0 spiro atoms. The number of nitrogens with zero attached hydrogens (tertiary/aromatic N) is 3. The van der Waals surface area contributed by atoms with E-state index in [9.17, 15) is 9.59 Å². The number of H-pyrrole nitrogens is 1. The van der Waals surface area contributed by atoms with Gasteiger partial charge in [0.15, 0.2) is 17.2 Å². The number of aromatic nitrogens is 4. The van der Waals surface area contributed by atoms with Crippen LogP contribution in [0, 0.1) is 13.8 Å². The van der Waals surface area contributed by atoms with Crippen LogP contribution >= 0.6 is 0 Å². The van der Waals surface area contributed by atoms with E-state index in [-0.39, 0.29) is 11.2 Å². The lowest BCUT2D eigenvalue weighted by atomic mass is 10.1. The largest absolute Gasteiger partial charge is 0.364 e. The minimum Gasteiger partial charge on any atom is -0.364 e. The molecule has 3 N–H and O–H groups in total. The lowest BCUT2D eigenvalue weighted by Gasteiger charge is -2.07. The van der Waals surface area contributed by atoms with Crippen molar-refractivity contribution in [3.8, 4) is 17.1 Å². The number of amides is 1. The molecule has 0 unspecified atom stereocenters. The number of imidazole rings is 1. The number of benzene rings is 2. The Balaban J connectivity index is 2.06. The van der Waals surface area contributed by atoms with E-state index in [1.54, 1.807) is 6.07 Å². The number of aromatic amines is 1. The summed E-state index contributed by atoms with van der Waals surface area (Å²) >= 11 is 0. The molecule has 2 aromatic heterocycles. The molecule has 7 heteroatoms. The fraction of sp³-hybridized carbons (Fsp3) is 0.100. The quantitative estimate of drug-likeness (QED) is 0.586. The number of nitrogens with one attached hydrogen (secondary N) is 1. The van der Waals surface area contributed by atoms with Gasteiger partial charge in [-0.2, -0.15) is 0 Å². The molecular formula is C20H17N5O2. The van der Waals surface area contributed by atoms with Gasteiger partial charge in [0, 0.05) is 5.56 Å². The van der Waals surface area contributed by atoms with Gasteiger partial charge in [0.25, 0.3) is 5.91 Å². The fourth-order valence-corrected chi connectivity index (χ4v) is 3.00. The standard InChI is InChI=1S/C20H17N5O2/c1-11-6-8-13(9-7-11)18-22-15(17(21)26)16-19(24-18)25(20(27)23-16)14-5-3-4-12(2)10-14/h3-10H,1-2H3,(H2,21,26)(H,23,27). The molecule has 0 radical (unpaired) electrons. The van der Waals surface area contributed by atoms with Crippen LogP contribution in [0.15, 0.2) is 53.3 Å². The van der Waals surface area contributed by atoms with Gasteiger partial charge >= 0.3 is 5.69 Å². The van der Waals surface area contributed by atoms with Crippen LogP contribution in [0.3, 0.4) is 0 Å². The average Bonchev–Trinajstić information content (AvgIpc) is 2.97. The van der Waals surface area contributed by atoms with Gasteiger partial charge in [0.05, 0.1) is 5.69 Å². The fourth-order valence-electron chi connectivity index (χ4n) is 3.00. The highest BCUT2D eigenvalue weighted by molar-refractivity contribution is 6.02. The van der Waals surface area contributed by atoms with Crippen LogP contribution in [0.1, 0.15) is 21.6 Å². The molecule has 0 aliphatic heterocycles. The number of rotatable bonds is 3. The molecule has 0 atom stereocenters. The lowest BCUT2D eigenvalue weighted by molar-refractivity contribution is 0.0997. The third-order valence-corrected chi connectivity index (χ3v) is 4.34. The zero-order valence-corrected chi connectivity index (χ0v) is 14.9. The minimum atomic E-state index is -0.728. The minimum absolute atomic E-state index is 0.0147. The Morgan fingerprint density at radius 1 is 1.04 bits per heavy atom. The van der Waals surface area contributed by atoms with Gasteiger partial charge in [-0.3, -0.25) is 4.79 Å². The van der Waals surface area contributed by atoms with Gasteiger partial charge < -0.3 is 10.7 Å². The SMILES string of the molecule is Cc1ccc(-c2nc(C(N)=O)c3[nH]c(=O)n(-c4cccc(C)c4)c3n2)cc1. The van der Waals surface area contributed by atoms with E-state index >= 15 is 0 Å². The Morgan fingerprint density at radius 3 is 2.44 bits per heavy atom. The Hall–Kier alpha value is -3.74. The maximum Gasteiger partial charge on any atom is 0.332 e. The van der Waals surface area contributed by atoms with Crippen molar-refractivity contribution in [1.82, 2.24) is 19.5 Å². The molecule has 0 aliphatic rings. The number of hydrogen-bond acceptors (Lipinski definition) is 4. The number of nitrogens with two attached hydrogens (primary N) is 1. The van der Waals surface area contributed by atoms with Crippen molar-refractivity contribution in [3.05, 3.63) is 75.8 Å². The first-order valence-corrected chi connectivity index (χ1v) is 8.40. The van der Waals surface area contributed by atoms with E-state index in [2.05, 4.69) is 15.0 Å². The summed E-state index contributed by atoms with van der Waals surface area (Å²) in [4.78, 5) is 36.1. The zero-order valence-electron chi connectivity index (χ0n) is 14.9. The van der Waals surface area contributed by atoms with Gasteiger partial charge in [0.1, 0.15) is 5.52 Å². The molecule has 27 heavy (non-hydrogen) atoms. The third-order valence-electron chi connectivity index (χ3n) is 4.34. The first kappa shape index (κ1) is 16.7. The van der Waals surface area contributed by atoms with E-state index in [4.69, 9.17) is 5.73 Å². The molecule has 0 bridgehead atoms. The molecule has 1 amide bonds. The Kier molecular flexibility index (Phi) is 3.84. The second kappa shape index (κ2) is 6.21. The monoisotopic (exact) mass is 359 g/mol. The van der Waals surface area contributed by atoms with Crippen LogP contribution in [0.25, 0.3) is 28.2 Å². The van der Waals surface area contributed by atoms with Gasteiger partial charge in [-0.15, -0.1) is 0 Å². The number of carbonyl (C=O) groups is 1. The average molecular weight is 359 g/mol. The van der Waals surface area contributed by atoms with Crippen molar-refractivity contribution in [1.29, 1.82) is 0 Å². The third kappa shape index (κ3) is 2.89. The zero-order chi connectivity index (χ0) is 19.1. The van der Waals surface area contributed by atoms with Crippen LogP contribution < -0.4 is 11.4 Å². The summed E-state index contributed by atoms with van der Waals surface area (Å²) in [6.07, 6.45) is 0. The molecule has 134 valence electrons. The summed E-state index contributed by atoms with van der Waals surface area (Å²) in [5, 5.41) is 0. The highest BCUT2D eigenvalue weighted by atomic mass is 16.2. The molecule has 4 aromatic rings. The Bertz CT molecular complexity index is 1240. The Morgan fingerprint density at radius 2 is 1.78 bits per heavy atom. The summed E-state index contributed by atoms with van der Waals surface area (Å²) < 4.78 is 1.42. The van der Waals surface area contributed by atoms with Crippen molar-refractivity contribution in [3.63, 3.8) is 0 Å². The summed E-state index contributed by atoms with van der Waals surface area (Å²) in [6, 6.07) is 15.0. The number of carbonyl (C=O) groups excluding carboxylic acids is 1. The molecular weight excluding hydrogens is 342 g/mol. The molecule has 2 heterocycles. The van der Waals surface area contributed by atoms with Crippen molar-refractivity contribution in [2.45, 2.75) is 13.8 Å². The maximum atomic E-state index is 12.6. The summed E-state index contributed by atoms with van der Waals surface area (Å²) in [5.41, 5.74) is 9.09. The van der Waals surface area contributed by atoms with Crippen LogP contribution in [0.2, 0.25) is 0 Å². The van der Waals surface area contributed by atoms with E-state index in [0.717, 1.165) is 16.7 Å². The van der Waals surface area contributed by atoms with Crippen molar-refractivity contribution in [2.24, 2.45) is 5.73 Å². The van der Waals surface area contributed by atoms with Crippen LogP contribution in [0.4, 0.5) is 0 Å². The van der Waals surface area contributed by atoms with E-state index in [1.165, 1.54) is 4.57 Å². The molecule has 0 saturated carbocycles. The predicted octanol–water partition coefficient (Wildman–Crippen LogP) is 2.49. The van der Waals surface area contributed by atoms with E-state index < -0.39 is 11.6 Å². The number of primary amides is 1. The van der Waals surface area contributed by atoms with E-state index in [1.807, 2.05) is 56.3 Å². The van der Waals surface area contributed by atoms with Crippen molar-refractivity contribution in [2.75, 3.05) is 0 Å². The topological polar surface area (TPSA) is 107 Å². The van der Waals surface area contributed by atoms with E-state index in [0.29, 0.717) is 17.2 Å². The molecule has 7 nitrogen and oxygen atoms in total. The number of fused-ring (bicyclic) bond motifs is 1. The smallest absolute Gasteiger partial charge is 0.332 e. The highest BCUT2D eigenvalue weighted by Gasteiger charge is 2.20. The van der Waals surface area contributed by atoms with Gasteiger partial charge in [-0.1, -0.05) is 42.0 Å². The second-order valence-electron chi connectivity index (χ2n) is 6.43. The number of hydrogen-bond donors (Lipinski definition) is 2. The normalized spacial score (nSPS) is 11.0. The van der Waals surface area contributed by atoms with Gasteiger partial charge in [0.2, 0.25) is 0 Å². The van der Waals surface area contributed by atoms with Gasteiger partial charge in [-0.25, -0.2) is 19.3 Å². The second-order valence-corrected chi connectivity index (χ2v) is 6.43. The molecule has 0 fully saturated rings. The summed E-state index contributed by atoms with van der Waals surface area (Å²) in [6.45, 7) is 3.91. The summed E-state index contributed by atoms with van der Waals surface area (Å²) in [7, 11) is 0. The van der Waals surface area contributed by atoms with Crippen LogP contribution in [-0.4, -0.2) is 25.4 Å². The molecule has 4 rings (SSSR count). The number of aryl methyl sites for hydroxylation is 2. The molecule has 0 aliphatic carbocycles.